The van der Waals surface area contributed by atoms with E-state index in [1.807, 2.05) is 0 Å². The summed E-state index contributed by atoms with van der Waals surface area (Å²) in [5.74, 6) is -0.758. The molecule has 0 radical (unpaired) electrons. The van der Waals surface area contributed by atoms with Crippen LogP contribution in [-0.4, -0.2) is 47.8 Å². The number of hydrogen-bond donors (Lipinski definition) is 1. The number of carbonyl (C=O) groups is 3. The van der Waals surface area contributed by atoms with Crippen molar-refractivity contribution in [2.45, 2.75) is 19.8 Å². The molecule has 0 fully saturated rings. The maximum atomic E-state index is 13.4. The molecule has 0 unspecified atom stereocenters. The number of fused-ring (bicyclic) bond motifs is 1. The third-order valence-electron chi connectivity index (χ3n) is 6.02. The molecule has 8 nitrogen and oxygen atoms in total. The molecule has 4 rings (SSSR count). The molecule has 196 valence electrons. The first-order valence-electron chi connectivity index (χ1n) is 11.9. The molecule has 1 N–H and O–H groups in total. The van der Waals surface area contributed by atoms with Crippen molar-refractivity contribution in [2.75, 3.05) is 20.3 Å². The predicted octanol–water partition coefficient (Wildman–Crippen LogP) is 4.99. The lowest BCUT2D eigenvalue weighted by molar-refractivity contribution is -0.137. The van der Waals surface area contributed by atoms with Crippen molar-refractivity contribution in [3.05, 3.63) is 94.1 Å². The quantitative estimate of drug-likeness (QED) is 0.183. The van der Waals surface area contributed by atoms with E-state index >= 15 is 0 Å². The summed E-state index contributed by atoms with van der Waals surface area (Å²) < 4.78 is 17.4. The molecule has 0 saturated carbocycles. The minimum atomic E-state index is -0.798. The molecule has 1 heterocycles. The Morgan fingerprint density at radius 1 is 0.921 bits per heavy atom. The molecule has 38 heavy (non-hydrogen) atoms. The first-order valence-corrected chi connectivity index (χ1v) is 12.3. The van der Waals surface area contributed by atoms with Gasteiger partial charge >= 0.3 is 11.9 Å². The van der Waals surface area contributed by atoms with Crippen molar-refractivity contribution in [1.29, 1.82) is 0 Å². The largest absolute Gasteiger partial charge is 0.497 e. The Bertz CT molecular complexity index is 1470. The maximum Gasteiger partial charge on any atom is 0.345 e. The second-order valence-corrected chi connectivity index (χ2v) is 8.92. The van der Waals surface area contributed by atoms with Gasteiger partial charge in [-0.25, -0.2) is 4.79 Å². The van der Waals surface area contributed by atoms with E-state index in [4.69, 9.17) is 30.9 Å². The van der Waals surface area contributed by atoms with Crippen LogP contribution in [0.1, 0.15) is 38.4 Å². The normalized spacial score (nSPS) is 10.8. The number of hydrogen-bond acceptors (Lipinski definition) is 7. The summed E-state index contributed by atoms with van der Waals surface area (Å²) >= 11 is 5.98. The fraction of sp³-hybridized carbons (Fsp3) is 0.207. The SMILES string of the molecule is COc1ccc2c(c1)c(CC(=O)OC(=O)c1ccc(OCCCO)cc1)c(C)n2C(=O)c1ccc(Cl)cc1. The molecule has 4 aromatic rings. The van der Waals surface area contributed by atoms with Crippen LogP contribution in [0, 0.1) is 6.92 Å². The van der Waals surface area contributed by atoms with E-state index in [2.05, 4.69) is 0 Å². The van der Waals surface area contributed by atoms with Gasteiger partial charge in [0.15, 0.2) is 0 Å². The number of halogens is 1. The van der Waals surface area contributed by atoms with Gasteiger partial charge in [0.1, 0.15) is 11.5 Å². The molecule has 0 amide bonds. The Kier molecular flexibility index (Phi) is 8.45. The van der Waals surface area contributed by atoms with Crippen molar-refractivity contribution in [2.24, 2.45) is 0 Å². The molecular weight excluding hydrogens is 510 g/mol. The number of rotatable bonds is 9. The molecule has 1 aromatic heterocycles. The molecule has 0 aliphatic carbocycles. The minimum absolute atomic E-state index is 0.0206. The van der Waals surface area contributed by atoms with Crippen LogP contribution in [0.5, 0.6) is 11.5 Å². The van der Waals surface area contributed by atoms with E-state index in [0.717, 1.165) is 0 Å². The van der Waals surface area contributed by atoms with E-state index in [1.165, 1.54) is 23.8 Å². The Hall–Kier alpha value is -4.14. The van der Waals surface area contributed by atoms with Crippen molar-refractivity contribution in [1.82, 2.24) is 4.57 Å². The van der Waals surface area contributed by atoms with Crippen LogP contribution < -0.4 is 9.47 Å². The van der Waals surface area contributed by atoms with E-state index in [0.29, 0.717) is 57.3 Å². The van der Waals surface area contributed by atoms with Crippen LogP contribution in [0.3, 0.4) is 0 Å². The number of aliphatic hydroxyl groups is 1. The fourth-order valence-electron chi connectivity index (χ4n) is 4.08. The summed E-state index contributed by atoms with van der Waals surface area (Å²) in [4.78, 5) is 38.8. The summed E-state index contributed by atoms with van der Waals surface area (Å²) in [6.45, 7) is 2.10. The second kappa shape index (κ2) is 11.9. The van der Waals surface area contributed by atoms with Gasteiger partial charge in [0.25, 0.3) is 5.91 Å². The van der Waals surface area contributed by atoms with Gasteiger partial charge in [0.05, 0.1) is 31.2 Å². The summed E-state index contributed by atoms with van der Waals surface area (Å²) in [6, 6.07) is 17.9. The van der Waals surface area contributed by atoms with E-state index < -0.39 is 11.9 Å². The predicted molar refractivity (Wildman–Crippen MR) is 142 cm³/mol. The van der Waals surface area contributed by atoms with E-state index in [9.17, 15) is 14.4 Å². The molecule has 9 heteroatoms. The third-order valence-corrected chi connectivity index (χ3v) is 6.28. The molecule has 0 saturated heterocycles. The van der Waals surface area contributed by atoms with Crippen LogP contribution in [-0.2, 0) is 16.0 Å². The van der Waals surface area contributed by atoms with Gasteiger partial charge in [-0.15, -0.1) is 0 Å². The zero-order valence-corrected chi connectivity index (χ0v) is 21.7. The molecule has 0 spiro atoms. The highest BCUT2D eigenvalue weighted by molar-refractivity contribution is 6.30. The third kappa shape index (κ3) is 5.88. The van der Waals surface area contributed by atoms with Gasteiger partial charge in [0, 0.05) is 34.7 Å². The second-order valence-electron chi connectivity index (χ2n) is 8.48. The minimum Gasteiger partial charge on any atom is -0.497 e. The van der Waals surface area contributed by atoms with Gasteiger partial charge in [-0.1, -0.05) is 11.6 Å². The van der Waals surface area contributed by atoms with Crippen LogP contribution in [0.15, 0.2) is 66.7 Å². The van der Waals surface area contributed by atoms with Crippen molar-refractivity contribution in [3.63, 3.8) is 0 Å². The first kappa shape index (κ1) is 26.9. The van der Waals surface area contributed by atoms with E-state index in [1.54, 1.807) is 61.5 Å². The molecular formula is C29H26ClNO7. The summed E-state index contributed by atoms with van der Waals surface area (Å²) in [5, 5.41) is 9.99. The lowest BCUT2D eigenvalue weighted by Crippen LogP contribution is -2.16. The molecule has 0 aliphatic rings. The zero-order valence-electron chi connectivity index (χ0n) is 20.9. The van der Waals surface area contributed by atoms with Crippen LogP contribution in [0.25, 0.3) is 10.9 Å². The summed E-state index contributed by atoms with van der Waals surface area (Å²) in [5.41, 5.74) is 2.30. The lowest BCUT2D eigenvalue weighted by atomic mass is 10.1. The van der Waals surface area contributed by atoms with Gasteiger partial charge in [-0.05, 0) is 79.2 Å². The van der Waals surface area contributed by atoms with E-state index in [-0.39, 0.29) is 24.5 Å². The Morgan fingerprint density at radius 3 is 2.24 bits per heavy atom. The molecule has 0 bridgehead atoms. The summed E-state index contributed by atoms with van der Waals surface area (Å²) in [7, 11) is 1.53. The van der Waals surface area contributed by atoms with Crippen molar-refractivity contribution < 1.29 is 33.7 Å². The van der Waals surface area contributed by atoms with Gasteiger partial charge in [-0.3, -0.25) is 14.2 Å². The average Bonchev–Trinajstić information content (AvgIpc) is 3.19. The highest BCUT2D eigenvalue weighted by Gasteiger charge is 2.23. The number of aliphatic hydroxyl groups excluding tert-OH is 1. The fourth-order valence-corrected chi connectivity index (χ4v) is 4.21. The van der Waals surface area contributed by atoms with Crippen LogP contribution >= 0.6 is 11.6 Å². The topological polar surface area (TPSA) is 104 Å². The number of ether oxygens (including phenoxy) is 3. The maximum absolute atomic E-state index is 13.4. The zero-order chi connectivity index (χ0) is 27.2. The monoisotopic (exact) mass is 535 g/mol. The highest BCUT2D eigenvalue weighted by atomic mass is 35.5. The van der Waals surface area contributed by atoms with Crippen LogP contribution in [0.4, 0.5) is 0 Å². The number of aromatic nitrogens is 1. The standard InChI is InChI=1S/C29H26ClNO7/c1-18-24(17-27(33)38-29(35)20-6-10-22(11-7-20)37-15-3-14-32)25-16-23(36-2)12-13-26(25)31(18)28(34)19-4-8-21(30)9-5-19/h4-13,16,32H,3,14-15,17H2,1-2H3. The number of methoxy groups -OCH3 is 1. The van der Waals surface area contributed by atoms with Crippen molar-refractivity contribution in [3.8, 4) is 11.5 Å². The first-order chi connectivity index (χ1) is 18.3. The highest BCUT2D eigenvalue weighted by Crippen LogP contribution is 2.31. The van der Waals surface area contributed by atoms with Gasteiger partial charge in [-0.2, -0.15) is 0 Å². The molecule has 0 atom stereocenters. The number of benzene rings is 3. The van der Waals surface area contributed by atoms with Crippen molar-refractivity contribution >= 4 is 40.3 Å². The molecule has 0 aliphatic heterocycles. The Labute approximate surface area is 224 Å². The van der Waals surface area contributed by atoms with Crippen LogP contribution in [0.2, 0.25) is 5.02 Å². The number of carbonyl (C=O) groups excluding carboxylic acids is 3. The number of esters is 2. The molecule has 3 aromatic carbocycles. The Morgan fingerprint density at radius 2 is 1.58 bits per heavy atom. The average molecular weight is 536 g/mol. The Balaban J connectivity index is 1.58. The van der Waals surface area contributed by atoms with Gasteiger partial charge in [0.2, 0.25) is 0 Å². The smallest absolute Gasteiger partial charge is 0.345 e. The van der Waals surface area contributed by atoms with Gasteiger partial charge < -0.3 is 19.3 Å². The number of nitrogens with zero attached hydrogens (tertiary/aromatic N) is 1. The summed E-state index contributed by atoms with van der Waals surface area (Å²) in [6.07, 6.45) is 0.260. The lowest BCUT2D eigenvalue weighted by Gasteiger charge is -2.08.